The van der Waals surface area contributed by atoms with Gasteiger partial charge in [0.05, 0.1) is 10.7 Å². The van der Waals surface area contributed by atoms with E-state index in [-0.39, 0.29) is 11.9 Å². The van der Waals surface area contributed by atoms with Crippen molar-refractivity contribution >= 4 is 34.5 Å². The Morgan fingerprint density at radius 1 is 1.09 bits per heavy atom. The standard InChI is InChI=1S/C24H24ClN7O/c1-26-17-5-2-6-19(15-17)31(22-20(25)7-3-13-27-22)24(33)16-9-11-18(12-10-16)32-23-21(29-30-32)8-4-14-28-23/h3-4,7-14,17,19,26H,2,5-6,15H2,1H3. The van der Waals surface area contributed by atoms with E-state index < -0.39 is 0 Å². The van der Waals surface area contributed by atoms with Crippen LogP contribution in [-0.4, -0.2) is 50.0 Å². The van der Waals surface area contributed by atoms with Crippen LogP contribution in [0.5, 0.6) is 0 Å². The quantitative estimate of drug-likeness (QED) is 0.482. The molecule has 0 saturated heterocycles. The predicted molar refractivity (Wildman–Crippen MR) is 128 cm³/mol. The molecule has 1 aliphatic rings. The SMILES string of the molecule is CNC1CCCC(N(C(=O)c2ccc(-n3nnc4cccnc43)cc2)c2ncccc2Cl)C1. The lowest BCUT2D eigenvalue weighted by atomic mass is 9.89. The molecule has 1 amide bonds. The molecule has 33 heavy (non-hydrogen) atoms. The van der Waals surface area contributed by atoms with Crippen molar-refractivity contribution in [2.24, 2.45) is 0 Å². The van der Waals surface area contributed by atoms with E-state index in [1.807, 2.05) is 31.3 Å². The van der Waals surface area contributed by atoms with Crippen LogP contribution >= 0.6 is 11.6 Å². The average Bonchev–Trinajstić information content (AvgIpc) is 3.30. The van der Waals surface area contributed by atoms with Crippen LogP contribution in [-0.2, 0) is 0 Å². The minimum absolute atomic E-state index is 0.0132. The van der Waals surface area contributed by atoms with Crippen LogP contribution in [0.4, 0.5) is 5.82 Å². The topological polar surface area (TPSA) is 88.8 Å². The van der Waals surface area contributed by atoms with Crippen LogP contribution in [0.15, 0.2) is 60.9 Å². The Hall–Kier alpha value is -3.36. The zero-order valence-corrected chi connectivity index (χ0v) is 19.0. The first-order chi connectivity index (χ1) is 16.2. The number of halogens is 1. The largest absolute Gasteiger partial charge is 0.317 e. The summed E-state index contributed by atoms with van der Waals surface area (Å²) in [5.41, 5.74) is 2.72. The molecule has 0 spiro atoms. The minimum Gasteiger partial charge on any atom is -0.317 e. The van der Waals surface area contributed by atoms with E-state index in [1.165, 1.54) is 0 Å². The van der Waals surface area contributed by atoms with Gasteiger partial charge in [0, 0.05) is 30.0 Å². The predicted octanol–water partition coefficient (Wildman–Crippen LogP) is 4.04. The van der Waals surface area contributed by atoms with Crippen LogP contribution < -0.4 is 10.2 Å². The summed E-state index contributed by atoms with van der Waals surface area (Å²) in [5, 5.41) is 12.2. The second-order valence-electron chi connectivity index (χ2n) is 8.18. The van der Waals surface area contributed by atoms with Crippen molar-refractivity contribution in [2.45, 2.75) is 37.8 Å². The number of carbonyl (C=O) groups excluding carboxylic acids is 1. The first-order valence-corrected chi connectivity index (χ1v) is 11.4. The van der Waals surface area contributed by atoms with Gasteiger partial charge in [-0.15, -0.1) is 5.10 Å². The number of aromatic nitrogens is 5. The Morgan fingerprint density at radius 2 is 1.88 bits per heavy atom. The van der Waals surface area contributed by atoms with Crippen LogP contribution in [0.3, 0.4) is 0 Å². The molecule has 1 saturated carbocycles. The van der Waals surface area contributed by atoms with Crippen molar-refractivity contribution in [1.29, 1.82) is 0 Å². The Bertz CT molecular complexity index is 1270. The highest BCUT2D eigenvalue weighted by molar-refractivity contribution is 6.33. The molecule has 5 rings (SSSR count). The summed E-state index contributed by atoms with van der Waals surface area (Å²) in [6, 6.07) is 14.9. The lowest BCUT2D eigenvalue weighted by molar-refractivity contribution is 0.0967. The molecule has 0 bridgehead atoms. The summed E-state index contributed by atoms with van der Waals surface area (Å²) in [6.07, 6.45) is 7.27. The lowest BCUT2D eigenvalue weighted by Crippen LogP contribution is -2.47. The summed E-state index contributed by atoms with van der Waals surface area (Å²) in [4.78, 5) is 24.4. The van der Waals surface area contributed by atoms with Crippen molar-refractivity contribution in [3.8, 4) is 5.69 Å². The highest BCUT2D eigenvalue weighted by atomic mass is 35.5. The zero-order valence-electron chi connectivity index (χ0n) is 18.2. The van der Waals surface area contributed by atoms with Crippen LogP contribution in [0.2, 0.25) is 5.02 Å². The molecule has 1 aliphatic carbocycles. The molecule has 8 nitrogen and oxygen atoms in total. The normalized spacial score (nSPS) is 18.4. The molecule has 168 valence electrons. The van der Waals surface area contributed by atoms with Gasteiger partial charge in [0.25, 0.3) is 5.91 Å². The van der Waals surface area contributed by atoms with E-state index >= 15 is 0 Å². The molecule has 2 atom stereocenters. The van der Waals surface area contributed by atoms with Gasteiger partial charge < -0.3 is 5.32 Å². The molecular formula is C24H24ClN7O. The molecule has 1 N–H and O–H groups in total. The second kappa shape index (κ2) is 9.25. The summed E-state index contributed by atoms with van der Waals surface area (Å²) in [6.45, 7) is 0. The molecule has 0 radical (unpaired) electrons. The third kappa shape index (κ3) is 4.19. The lowest BCUT2D eigenvalue weighted by Gasteiger charge is -2.37. The molecule has 1 fully saturated rings. The van der Waals surface area contributed by atoms with Gasteiger partial charge in [-0.3, -0.25) is 9.69 Å². The van der Waals surface area contributed by atoms with Gasteiger partial charge in [-0.2, -0.15) is 4.68 Å². The average molecular weight is 462 g/mol. The summed E-state index contributed by atoms with van der Waals surface area (Å²) in [5.74, 6) is 0.381. The molecule has 4 aromatic rings. The highest BCUT2D eigenvalue weighted by Crippen LogP contribution is 2.32. The number of carbonyl (C=O) groups is 1. The van der Waals surface area contributed by atoms with Gasteiger partial charge in [-0.05, 0) is 81.3 Å². The molecule has 9 heteroatoms. The van der Waals surface area contributed by atoms with Gasteiger partial charge >= 0.3 is 0 Å². The van der Waals surface area contributed by atoms with Crippen molar-refractivity contribution in [1.82, 2.24) is 30.3 Å². The highest BCUT2D eigenvalue weighted by Gasteiger charge is 2.32. The number of fused-ring (bicyclic) bond motifs is 1. The fourth-order valence-electron chi connectivity index (χ4n) is 4.47. The molecule has 3 aromatic heterocycles. The Balaban J connectivity index is 1.48. The first-order valence-electron chi connectivity index (χ1n) is 11.0. The van der Waals surface area contributed by atoms with E-state index in [0.29, 0.717) is 33.6 Å². The zero-order chi connectivity index (χ0) is 22.8. The van der Waals surface area contributed by atoms with Gasteiger partial charge in [0.2, 0.25) is 0 Å². The fourth-order valence-corrected chi connectivity index (χ4v) is 4.69. The molecule has 2 unspecified atom stereocenters. The van der Waals surface area contributed by atoms with Crippen molar-refractivity contribution in [3.05, 3.63) is 71.5 Å². The van der Waals surface area contributed by atoms with E-state index in [2.05, 4.69) is 25.6 Å². The number of rotatable bonds is 5. The molecule has 1 aromatic carbocycles. The third-order valence-corrected chi connectivity index (χ3v) is 6.47. The maximum absolute atomic E-state index is 13.8. The van der Waals surface area contributed by atoms with E-state index in [4.69, 9.17) is 11.6 Å². The Labute approximate surface area is 196 Å². The maximum atomic E-state index is 13.8. The van der Waals surface area contributed by atoms with Crippen LogP contribution in [0.25, 0.3) is 16.9 Å². The van der Waals surface area contributed by atoms with Gasteiger partial charge in [0.1, 0.15) is 5.52 Å². The Kier molecular flexibility index (Phi) is 6.02. The number of hydrogen-bond donors (Lipinski definition) is 1. The van der Waals surface area contributed by atoms with Crippen molar-refractivity contribution < 1.29 is 4.79 Å². The van der Waals surface area contributed by atoms with Crippen molar-refractivity contribution in [2.75, 3.05) is 11.9 Å². The number of hydrogen-bond acceptors (Lipinski definition) is 6. The Morgan fingerprint density at radius 3 is 2.67 bits per heavy atom. The van der Waals surface area contributed by atoms with E-state index in [1.54, 1.807) is 46.2 Å². The number of benzene rings is 1. The summed E-state index contributed by atoms with van der Waals surface area (Å²) < 4.78 is 1.66. The first kappa shape index (κ1) is 21.5. The van der Waals surface area contributed by atoms with Crippen LogP contribution in [0, 0.1) is 0 Å². The number of anilines is 1. The van der Waals surface area contributed by atoms with Crippen LogP contribution in [0.1, 0.15) is 36.0 Å². The monoisotopic (exact) mass is 461 g/mol. The van der Waals surface area contributed by atoms with Crippen molar-refractivity contribution in [3.63, 3.8) is 0 Å². The molecule has 0 aliphatic heterocycles. The minimum atomic E-state index is -0.120. The second-order valence-corrected chi connectivity index (χ2v) is 8.59. The van der Waals surface area contributed by atoms with Gasteiger partial charge in [0.15, 0.2) is 11.5 Å². The number of nitrogens with zero attached hydrogens (tertiary/aromatic N) is 6. The summed E-state index contributed by atoms with van der Waals surface area (Å²) >= 11 is 6.49. The van der Waals surface area contributed by atoms with E-state index in [0.717, 1.165) is 31.4 Å². The van der Waals surface area contributed by atoms with Gasteiger partial charge in [-0.25, -0.2) is 9.97 Å². The summed E-state index contributed by atoms with van der Waals surface area (Å²) in [7, 11) is 1.97. The smallest absolute Gasteiger partial charge is 0.259 e. The van der Waals surface area contributed by atoms with Gasteiger partial charge in [-0.1, -0.05) is 16.8 Å². The van der Waals surface area contributed by atoms with E-state index in [9.17, 15) is 4.79 Å². The molecular weight excluding hydrogens is 438 g/mol. The third-order valence-electron chi connectivity index (χ3n) is 6.17. The maximum Gasteiger partial charge on any atom is 0.259 e. The fraction of sp³-hybridized carbons (Fsp3) is 0.292. The number of pyridine rings is 2. The number of nitrogens with one attached hydrogen (secondary N) is 1. The molecule has 3 heterocycles. The number of amides is 1.